The number of hydrogen-bond acceptors (Lipinski definition) is 5. The molecule has 3 aromatic rings. The third-order valence-corrected chi connectivity index (χ3v) is 7.16. The van der Waals surface area contributed by atoms with E-state index < -0.39 is 5.82 Å². The van der Waals surface area contributed by atoms with Gasteiger partial charge < -0.3 is 15.0 Å². The summed E-state index contributed by atoms with van der Waals surface area (Å²) < 4.78 is 21.9. The second-order valence-corrected chi connectivity index (χ2v) is 9.43. The predicted molar refractivity (Wildman–Crippen MR) is 116 cm³/mol. The molecule has 5 heterocycles. The van der Waals surface area contributed by atoms with Crippen molar-refractivity contribution < 1.29 is 13.9 Å². The maximum atomic E-state index is 14.1. The van der Waals surface area contributed by atoms with Crippen molar-refractivity contribution in [1.29, 1.82) is 0 Å². The average Bonchev–Trinajstić information content (AvgIpc) is 3.41. The first-order valence-electron chi connectivity index (χ1n) is 11.0. The van der Waals surface area contributed by atoms with Gasteiger partial charge in [-0.2, -0.15) is 5.10 Å². The van der Waals surface area contributed by atoms with Gasteiger partial charge in [0.25, 0.3) is 5.91 Å². The van der Waals surface area contributed by atoms with E-state index in [1.54, 1.807) is 15.6 Å². The van der Waals surface area contributed by atoms with Gasteiger partial charge in [0.05, 0.1) is 41.3 Å². The van der Waals surface area contributed by atoms with Crippen molar-refractivity contribution in [2.75, 3.05) is 0 Å². The number of aryl methyl sites for hydroxylation is 1. The van der Waals surface area contributed by atoms with Crippen molar-refractivity contribution in [2.45, 2.75) is 63.9 Å². The number of nitrogens with zero attached hydrogens (tertiary/aromatic N) is 4. The minimum absolute atomic E-state index is 0.0148. The van der Waals surface area contributed by atoms with Crippen molar-refractivity contribution in [2.24, 2.45) is 0 Å². The smallest absolute Gasteiger partial charge is 0.258 e. The van der Waals surface area contributed by atoms with Crippen molar-refractivity contribution in [3.8, 4) is 5.75 Å². The lowest BCUT2D eigenvalue weighted by molar-refractivity contribution is 0.0737. The summed E-state index contributed by atoms with van der Waals surface area (Å²) in [6, 6.07) is 5.05. The van der Waals surface area contributed by atoms with Crippen molar-refractivity contribution >= 4 is 23.2 Å². The van der Waals surface area contributed by atoms with Crippen LogP contribution in [-0.4, -0.2) is 43.6 Å². The van der Waals surface area contributed by atoms with Crippen LogP contribution in [0.15, 0.2) is 24.4 Å². The number of amides is 1. The normalized spacial score (nSPS) is 24.2. The van der Waals surface area contributed by atoms with Gasteiger partial charge in [-0.3, -0.25) is 4.79 Å². The molecule has 0 radical (unpaired) electrons. The maximum Gasteiger partial charge on any atom is 0.258 e. The minimum Gasteiger partial charge on any atom is -0.489 e. The average molecular weight is 456 g/mol. The summed E-state index contributed by atoms with van der Waals surface area (Å²) in [5, 5.41) is 8.68. The number of aromatic nitrogens is 3. The molecule has 2 aromatic heterocycles. The van der Waals surface area contributed by atoms with Crippen LogP contribution < -0.4 is 10.1 Å². The van der Waals surface area contributed by atoms with E-state index >= 15 is 0 Å². The first-order valence-corrected chi connectivity index (χ1v) is 11.4. The Kier molecular flexibility index (Phi) is 4.62. The van der Waals surface area contributed by atoms with Gasteiger partial charge >= 0.3 is 0 Å². The molecule has 0 aliphatic carbocycles. The van der Waals surface area contributed by atoms with Gasteiger partial charge in [0.1, 0.15) is 17.7 Å². The predicted octanol–water partition coefficient (Wildman–Crippen LogP) is 3.65. The lowest BCUT2D eigenvalue weighted by Gasteiger charge is -2.30. The van der Waals surface area contributed by atoms with E-state index in [1.807, 2.05) is 6.92 Å². The highest BCUT2D eigenvalue weighted by Crippen LogP contribution is 2.33. The SMILES string of the molecule is Cc1nc2c3c(nn2cc1Cl)CN(C(=O)c1ccc(F)cc1OC1CC2CCC(C1)N2)C3. The quantitative estimate of drug-likeness (QED) is 0.652. The van der Waals surface area contributed by atoms with E-state index in [2.05, 4.69) is 15.4 Å². The molecule has 0 saturated carbocycles. The van der Waals surface area contributed by atoms with Gasteiger partial charge in [-0.15, -0.1) is 0 Å². The molecule has 6 rings (SSSR count). The number of piperidine rings is 1. The Balaban J connectivity index is 1.26. The van der Waals surface area contributed by atoms with Crippen LogP contribution in [0.25, 0.3) is 5.65 Å². The molecule has 2 fully saturated rings. The van der Waals surface area contributed by atoms with Gasteiger partial charge in [0, 0.05) is 23.7 Å². The van der Waals surface area contributed by atoms with Gasteiger partial charge in [0.15, 0.2) is 5.65 Å². The van der Waals surface area contributed by atoms with E-state index in [0.29, 0.717) is 47.2 Å². The summed E-state index contributed by atoms with van der Waals surface area (Å²) in [7, 11) is 0. The maximum absolute atomic E-state index is 14.1. The fourth-order valence-corrected chi connectivity index (χ4v) is 5.34. The zero-order valence-corrected chi connectivity index (χ0v) is 18.4. The number of benzene rings is 1. The molecule has 2 atom stereocenters. The van der Waals surface area contributed by atoms with Crippen LogP contribution >= 0.6 is 11.6 Å². The van der Waals surface area contributed by atoms with E-state index in [9.17, 15) is 9.18 Å². The second-order valence-electron chi connectivity index (χ2n) is 9.02. The number of hydrogen-bond donors (Lipinski definition) is 1. The van der Waals surface area contributed by atoms with E-state index in [-0.39, 0.29) is 12.0 Å². The first-order chi connectivity index (χ1) is 15.4. The van der Waals surface area contributed by atoms with Crippen LogP contribution in [-0.2, 0) is 13.1 Å². The molecule has 2 saturated heterocycles. The Bertz CT molecular complexity index is 1230. The second kappa shape index (κ2) is 7.42. The summed E-state index contributed by atoms with van der Waals surface area (Å²) in [5.74, 6) is -0.285. The number of nitrogens with one attached hydrogen (secondary N) is 1. The lowest BCUT2D eigenvalue weighted by Crippen LogP contribution is -2.42. The summed E-state index contributed by atoms with van der Waals surface area (Å²) >= 11 is 6.17. The van der Waals surface area contributed by atoms with Crippen LogP contribution in [0.2, 0.25) is 5.02 Å². The number of ether oxygens (including phenoxy) is 1. The first kappa shape index (κ1) is 19.9. The third-order valence-electron chi connectivity index (χ3n) is 6.79. The molecule has 0 spiro atoms. The Morgan fingerprint density at radius 3 is 2.81 bits per heavy atom. The standard InChI is InChI=1S/C23H23ClFN5O2/c1-12-19(24)10-30-22(26-12)18-9-29(11-20(18)28-30)23(31)17-5-2-13(25)6-21(17)32-16-7-14-3-4-15(8-16)27-14/h2,5-6,10,14-16,27H,3-4,7-9,11H2,1H3. The van der Waals surface area contributed by atoms with Gasteiger partial charge in [-0.05, 0) is 44.7 Å². The highest BCUT2D eigenvalue weighted by molar-refractivity contribution is 6.31. The number of rotatable bonds is 3. The third kappa shape index (κ3) is 3.33. The molecule has 3 aliphatic rings. The summed E-state index contributed by atoms with van der Waals surface area (Å²) in [6.07, 6.45) is 5.76. The van der Waals surface area contributed by atoms with Crippen molar-refractivity contribution in [3.05, 3.63) is 57.8 Å². The summed E-state index contributed by atoms with van der Waals surface area (Å²) in [4.78, 5) is 19.7. The summed E-state index contributed by atoms with van der Waals surface area (Å²) in [5.41, 5.74) is 3.52. The van der Waals surface area contributed by atoms with Crippen LogP contribution in [0.3, 0.4) is 0 Å². The molecule has 32 heavy (non-hydrogen) atoms. The van der Waals surface area contributed by atoms with Crippen LogP contribution in [0, 0.1) is 12.7 Å². The largest absolute Gasteiger partial charge is 0.489 e. The van der Waals surface area contributed by atoms with E-state index in [4.69, 9.17) is 16.3 Å². The van der Waals surface area contributed by atoms with Crippen molar-refractivity contribution in [3.63, 3.8) is 0 Å². The van der Waals surface area contributed by atoms with Gasteiger partial charge in [0.2, 0.25) is 0 Å². The number of halogens is 2. The molecule has 2 bridgehead atoms. The molecular formula is C23H23ClFN5O2. The highest BCUT2D eigenvalue weighted by atomic mass is 35.5. The molecule has 2 unspecified atom stereocenters. The fraction of sp³-hybridized carbons (Fsp3) is 0.435. The Morgan fingerprint density at radius 2 is 2.03 bits per heavy atom. The monoisotopic (exact) mass is 455 g/mol. The molecular weight excluding hydrogens is 433 g/mol. The zero-order valence-electron chi connectivity index (χ0n) is 17.6. The molecule has 7 nitrogen and oxygen atoms in total. The van der Waals surface area contributed by atoms with Gasteiger partial charge in [-0.1, -0.05) is 11.6 Å². The number of fused-ring (bicyclic) bond motifs is 5. The van der Waals surface area contributed by atoms with E-state index in [1.165, 1.54) is 18.2 Å². The Labute approximate surface area is 189 Å². The van der Waals surface area contributed by atoms with E-state index in [0.717, 1.165) is 42.6 Å². The minimum atomic E-state index is -0.410. The molecule has 9 heteroatoms. The number of carbonyl (C=O) groups is 1. The summed E-state index contributed by atoms with van der Waals surface area (Å²) in [6.45, 7) is 2.59. The molecule has 3 aliphatic heterocycles. The molecule has 1 aromatic carbocycles. The fourth-order valence-electron chi connectivity index (χ4n) is 5.21. The molecule has 1 amide bonds. The van der Waals surface area contributed by atoms with Crippen LogP contribution in [0.1, 0.15) is 53.0 Å². The lowest BCUT2D eigenvalue weighted by atomic mass is 10.0. The molecule has 166 valence electrons. The van der Waals surface area contributed by atoms with Gasteiger partial charge in [-0.25, -0.2) is 13.9 Å². The van der Waals surface area contributed by atoms with Crippen LogP contribution in [0.4, 0.5) is 4.39 Å². The van der Waals surface area contributed by atoms with Crippen LogP contribution in [0.5, 0.6) is 5.75 Å². The molecule has 1 N–H and O–H groups in total. The Morgan fingerprint density at radius 1 is 1.25 bits per heavy atom. The van der Waals surface area contributed by atoms with Crippen molar-refractivity contribution in [1.82, 2.24) is 24.8 Å². The Hall–Kier alpha value is -2.71. The zero-order chi connectivity index (χ0) is 22.0. The topological polar surface area (TPSA) is 71.8 Å². The highest BCUT2D eigenvalue weighted by Gasteiger charge is 2.36. The number of carbonyl (C=O) groups excluding carboxylic acids is 1.